The maximum absolute atomic E-state index is 11.5. The van der Waals surface area contributed by atoms with Gasteiger partial charge in [0.15, 0.2) is 0 Å². The lowest BCUT2D eigenvalue weighted by molar-refractivity contribution is -0.125. The van der Waals surface area contributed by atoms with Crippen LogP contribution in [-0.4, -0.2) is 5.78 Å². The first kappa shape index (κ1) is 11.4. The predicted molar refractivity (Wildman–Crippen MR) is 53.1 cm³/mol. The molecule has 0 atom stereocenters. The third-order valence-corrected chi connectivity index (χ3v) is 2.98. The van der Waals surface area contributed by atoms with E-state index in [1.54, 1.807) is 6.92 Å². The number of hydrogen-bond acceptors (Lipinski definition) is 1. The van der Waals surface area contributed by atoms with E-state index >= 15 is 0 Å². The Balaban J connectivity index is 4.82. The van der Waals surface area contributed by atoms with Gasteiger partial charge in [-0.3, -0.25) is 4.79 Å². The average molecular weight is 168 g/mol. The Hall–Kier alpha value is -0.590. The summed E-state index contributed by atoms with van der Waals surface area (Å²) in [7, 11) is 0. The van der Waals surface area contributed by atoms with Gasteiger partial charge in [0.05, 0.1) is 0 Å². The second kappa shape index (κ2) is 4.44. The van der Waals surface area contributed by atoms with Gasteiger partial charge in [-0.2, -0.15) is 0 Å². The van der Waals surface area contributed by atoms with Crippen molar-refractivity contribution in [3.05, 3.63) is 12.2 Å². The minimum atomic E-state index is -0.241. The van der Waals surface area contributed by atoms with Crippen LogP contribution in [0, 0.1) is 5.41 Å². The molecule has 0 aliphatic rings. The molecule has 0 rings (SSSR count). The van der Waals surface area contributed by atoms with Crippen molar-refractivity contribution in [2.75, 3.05) is 0 Å². The Kier molecular flexibility index (Phi) is 4.22. The van der Waals surface area contributed by atoms with Crippen molar-refractivity contribution in [1.29, 1.82) is 0 Å². The zero-order chi connectivity index (χ0) is 9.78. The molecule has 0 unspecified atom stereocenters. The molecule has 0 saturated heterocycles. The normalized spacial score (nSPS) is 11.3. The predicted octanol–water partition coefficient (Wildman–Crippen LogP) is 3.35. The SMILES string of the molecule is C=C(CC)C(CC)(CC)C(C)=O. The van der Waals surface area contributed by atoms with Gasteiger partial charge in [-0.15, -0.1) is 0 Å². The van der Waals surface area contributed by atoms with Gasteiger partial charge in [0.25, 0.3) is 0 Å². The lowest BCUT2D eigenvalue weighted by Gasteiger charge is -2.30. The zero-order valence-electron chi connectivity index (χ0n) is 8.74. The largest absolute Gasteiger partial charge is 0.299 e. The Labute approximate surface area is 75.9 Å². The van der Waals surface area contributed by atoms with Gasteiger partial charge < -0.3 is 0 Å². The van der Waals surface area contributed by atoms with Crippen molar-refractivity contribution < 1.29 is 4.79 Å². The van der Waals surface area contributed by atoms with E-state index in [9.17, 15) is 4.79 Å². The second-order valence-electron chi connectivity index (χ2n) is 3.30. The van der Waals surface area contributed by atoms with Crippen molar-refractivity contribution in [3.8, 4) is 0 Å². The van der Waals surface area contributed by atoms with E-state index in [0.29, 0.717) is 0 Å². The molecule has 1 heteroatoms. The fraction of sp³-hybridized carbons (Fsp3) is 0.727. The van der Waals surface area contributed by atoms with Crippen LogP contribution in [0.2, 0.25) is 0 Å². The molecular weight excluding hydrogens is 148 g/mol. The van der Waals surface area contributed by atoms with E-state index in [-0.39, 0.29) is 11.2 Å². The quantitative estimate of drug-likeness (QED) is 0.575. The van der Waals surface area contributed by atoms with Gasteiger partial charge in [0, 0.05) is 5.41 Å². The third kappa shape index (κ3) is 1.77. The maximum Gasteiger partial charge on any atom is 0.139 e. The summed E-state index contributed by atoms with van der Waals surface area (Å²) in [6.07, 6.45) is 2.66. The number of allylic oxidation sites excluding steroid dienone is 1. The Morgan fingerprint density at radius 3 is 1.75 bits per heavy atom. The molecule has 12 heavy (non-hydrogen) atoms. The fourth-order valence-electron chi connectivity index (χ4n) is 1.84. The van der Waals surface area contributed by atoms with Crippen LogP contribution in [-0.2, 0) is 4.79 Å². The molecule has 0 bridgehead atoms. The minimum Gasteiger partial charge on any atom is -0.299 e. The van der Waals surface area contributed by atoms with E-state index in [1.165, 1.54) is 0 Å². The first-order chi connectivity index (χ1) is 5.55. The number of rotatable bonds is 5. The molecule has 0 spiro atoms. The van der Waals surface area contributed by atoms with Crippen molar-refractivity contribution in [3.63, 3.8) is 0 Å². The molecular formula is C11H20O. The smallest absolute Gasteiger partial charge is 0.139 e. The molecule has 0 aromatic carbocycles. The molecule has 1 nitrogen and oxygen atoms in total. The van der Waals surface area contributed by atoms with Crippen LogP contribution in [0.25, 0.3) is 0 Å². The van der Waals surface area contributed by atoms with E-state index in [1.807, 2.05) is 0 Å². The zero-order valence-corrected chi connectivity index (χ0v) is 8.74. The number of ketones is 1. The molecule has 0 saturated carbocycles. The summed E-state index contributed by atoms with van der Waals surface area (Å²) in [4.78, 5) is 11.5. The number of carbonyl (C=O) groups is 1. The molecule has 0 aromatic heterocycles. The number of hydrogen-bond donors (Lipinski definition) is 0. The van der Waals surface area contributed by atoms with Gasteiger partial charge in [0.1, 0.15) is 5.78 Å². The topological polar surface area (TPSA) is 17.1 Å². The van der Waals surface area contributed by atoms with Gasteiger partial charge >= 0.3 is 0 Å². The Bertz CT molecular complexity index is 175. The van der Waals surface area contributed by atoms with Crippen molar-refractivity contribution in [2.24, 2.45) is 5.41 Å². The highest BCUT2D eigenvalue weighted by atomic mass is 16.1. The molecule has 0 aliphatic carbocycles. The summed E-state index contributed by atoms with van der Waals surface area (Å²) in [6.45, 7) is 11.8. The Morgan fingerprint density at radius 1 is 1.25 bits per heavy atom. The maximum atomic E-state index is 11.5. The highest BCUT2D eigenvalue weighted by Crippen LogP contribution is 2.36. The standard InChI is InChI=1S/C11H20O/c1-6-9(4)11(7-2,8-3)10(5)12/h4,6-8H2,1-3,5H3. The summed E-state index contributed by atoms with van der Waals surface area (Å²) in [5.41, 5.74) is 0.842. The summed E-state index contributed by atoms with van der Waals surface area (Å²) in [5.74, 6) is 0.263. The lowest BCUT2D eigenvalue weighted by atomic mass is 9.72. The van der Waals surface area contributed by atoms with Crippen LogP contribution in [0.5, 0.6) is 0 Å². The molecule has 0 aliphatic heterocycles. The monoisotopic (exact) mass is 168 g/mol. The average Bonchev–Trinajstić information content (AvgIpc) is 2.06. The van der Waals surface area contributed by atoms with Crippen LogP contribution >= 0.6 is 0 Å². The summed E-state index contributed by atoms with van der Waals surface area (Å²) in [6, 6.07) is 0. The van der Waals surface area contributed by atoms with Gasteiger partial charge in [-0.05, 0) is 26.2 Å². The van der Waals surface area contributed by atoms with E-state index in [4.69, 9.17) is 0 Å². The van der Waals surface area contributed by atoms with Crippen LogP contribution < -0.4 is 0 Å². The van der Waals surface area contributed by atoms with E-state index in [0.717, 1.165) is 24.8 Å². The van der Waals surface area contributed by atoms with E-state index < -0.39 is 0 Å². The van der Waals surface area contributed by atoms with Crippen LogP contribution in [0.3, 0.4) is 0 Å². The van der Waals surface area contributed by atoms with Gasteiger partial charge in [-0.1, -0.05) is 32.9 Å². The Morgan fingerprint density at radius 2 is 1.67 bits per heavy atom. The molecule has 0 radical (unpaired) electrons. The summed E-state index contributed by atoms with van der Waals surface area (Å²) in [5, 5.41) is 0. The van der Waals surface area contributed by atoms with Crippen LogP contribution in [0.1, 0.15) is 47.0 Å². The van der Waals surface area contributed by atoms with Gasteiger partial charge in [0.2, 0.25) is 0 Å². The molecule has 0 aromatic rings. The lowest BCUT2D eigenvalue weighted by Crippen LogP contribution is -2.29. The van der Waals surface area contributed by atoms with Gasteiger partial charge in [-0.25, -0.2) is 0 Å². The molecule has 0 heterocycles. The highest BCUT2D eigenvalue weighted by Gasteiger charge is 2.33. The van der Waals surface area contributed by atoms with Crippen LogP contribution in [0.15, 0.2) is 12.2 Å². The number of carbonyl (C=O) groups excluding carboxylic acids is 1. The third-order valence-electron chi connectivity index (χ3n) is 2.98. The van der Waals surface area contributed by atoms with E-state index in [2.05, 4.69) is 27.4 Å². The second-order valence-corrected chi connectivity index (χ2v) is 3.30. The number of Topliss-reactive ketones (excluding diaryl/α,β-unsaturated/α-hetero) is 1. The van der Waals surface area contributed by atoms with Crippen LogP contribution in [0.4, 0.5) is 0 Å². The first-order valence-corrected chi connectivity index (χ1v) is 4.74. The summed E-state index contributed by atoms with van der Waals surface area (Å²) < 4.78 is 0. The highest BCUT2D eigenvalue weighted by molar-refractivity contribution is 5.85. The molecule has 0 amide bonds. The molecule has 0 N–H and O–H groups in total. The van der Waals surface area contributed by atoms with Crippen molar-refractivity contribution in [1.82, 2.24) is 0 Å². The minimum absolute atomic E-state index is 0.241. The van der Waals surface area contributed by atoms with Crippen molar-refractivity contribution >= 4 is 5.78 Å². The summed E-state index contributed by atoms with van der Waals surface area (Å²) >= 11 is 0. The fourth-order valence-corrected chi connectivity index (χ4v) is 1.84. The van der Waals surface area contributed by atoms with Crippen molar-refractivity contribution in [2.45, 2.75) is 47.0 Å². The first-order valence-electron chi connectivity index (χ1n) is 4.74. The molecule has 70 valence electrons. The molecule has 0 fully saturated rings.